The van der Waals surface area contributed by atoms with Crippen molar-refractivity contribution in [1.82, 2.24) is 4.72 Å². The quantitative estimate of drug-likeness (QED) is 0.847. The lowest BCUT2D eigenvalue weighted by molar-refractivity contribution is 0.112. The minimum absolute atomic E-state index is 0.216. The molecule has 1 aromatic rings. The fraction of sp³-hybridized carbons (Fsp3) is 0.417. The molecule has 0 radical (unpaired) electrons. The minimum atomic E-state index is -3.55. The highest BCUT2D eigenvalue weighted by Crippen LogP contribution is 2.21. The Bertz CT molecular complexity index is 564. The Hall–Kier alpha value is -1.11. The van der Waals surface area contributed by atoms with Crippen LogP contribution in [-0.2, 0) is 10.0 Å². The Morgan fingerprint density at radius 1 is 1.37 bits per heavy atom. The number of aldehydes is 1. The lowest BCUT2D eigenvalue weighted by Gasteiger charge is -2.20. The first-order chi connectivity index (χ1) is 8.63. The summed E-state index contributed by atoms with van der Waals surface area (Å²) in [5, 5.41) is 0.216. The summed E-state index contributed by atoms with van der Waals surface area (Å²) in [6.07, 6.45) is 0.615. The van der Waals surface area contributed by atoms with E-state index < -0.39 is 21.5 Å². The lowest BCUT2D eigenvalue weighted by Crippen LogP contribution is -2.42. The molecule has 0 unspecified atom stereocenters. The summed E-state index contributed by atoms with van der Waals surface area (Å²) in [6, 6.07) is 4.36. The van der Waals surface area contributed by atoms with Gasteiger partial charge >= 0.3 is 0 Å². The van der Waals surface area contributed by atoms with Gasteiger partial charge in [-0.2, -0.15) is 0 Å². The first-order valence-corrected chi connectivity index (χ1v) is 7.55. The summed E-state index contributed by atoms with van der Waals surface area (Å²) in [6.45, 7) is 5.21. The normalized spacial score (nSPS) is 12.2. The molecule has 0 saturated carbocycles. The molecule has 1 rings (SSSR count). The van der Waals surface area contributed by atoms with E-state index in [4.69, 9.17) is 16.3 Å². The molecule has 106 valence electrons. The van der Waals surface area contributed by atoms with Crippen LogP contribution in [0.1, 0.15) is 31.1 Å². The number of benzene rings is 1. The molecule has 1 N–H and O–H groups in total. The highest BCUT2D eigenvalue weighted by atomic mass is 35.5. The van der Waals surface area contributed by atoms with E-state index in [1.165, 1.54) is 18.2 Å². The van der Waals surface area contributed by atoms with Crippen LogP contribution in [0.5, 0.6) is 5.75 Å². The van der Waals surface area contributed by atoms with Crippen molar-refractivity contribution in [3.63, 3.8) is 0 Å². The first kappa shape index (κ1) is 15.9. The standard InChI is InChI=1S/C12H16ClNO4S/c1-12(2,3)14-19(16,17)8-18-10-5-4-9(7-15)11(13)6-10/h4-7,14H,8H2,1-3H3. The number of carbonyl (C=O) groups is 1. The van der Waals surface area contributed by atoms with Crippen molar-refractivity contribution in [3.8, 4) is 5.75 Å². The van der Waals surface area contributed by atoms with E-state index >= 15 is 0 Å². The summed E-state index contributed by atoms with van der Waals surface area (Å²) in [4.78, 5) is 10.6. The van der Waals surface area contributed by atoms with Crippen molar-refractivity contribution in [2.75, 3.05) is 5.94 Å². The summed E-state index contributed by atoms with van der Waals surface area (Å²) in [5.41, 5.74) is -0.244. The van der Waals surface area contributed by atoms with Crippen molar-refractivity contribution >= 4 is 27.9 Å². The summed E-state index contributed by atoms with van der Waals surface area (Å²) >= 11 is 5.81. The van der Waals surface area contributed by atoms with E-state index in [0.717, 1.165) is 0 Å². The third-order valence-electron chi connectivity index (χ3n) is 1.94. The lowest BCUT2D eigenvalue weighted by atomic mass is 10.1. The third kappa shape index (κ3) is 5.59. The molecule has 0 atom stereocenters. The summed E-state index contributed by atoms with van der Waals surface area (Å²) in [7, 11) is -3.55. The van der Waals surface area contributed by atoms with Gasteiger partial charge in [0.2, 0.25) is 16.0 Å². The van der Waals surface area contributed by atoms with Crippen LogP contribution >= 0.6 is 11.6 Å². The van der Waals surface area contributed by atoms with Crippen molar-refractivity contribution < 1.29 is 17.9 Å². The van der Waals surface area contributed by atoms with Crippen LogP contribution in [0.25, 0.3) is 0 Å². The van der Waals surface area contributed by atoms with Crippen LogP contribution in [-0.4, -0.2) is 26.2 Å². The van der Waals surface area contributed by atoms with Gasteiger partial charge in [0.25, 0.3) is 0 Å². The molecular formula is C12H16ClNO4S. The van der Waals surface area contributed by atoms with Crippen molar-refractivity contribution in [2.45, 2.75) is 26.3 Å². The second-order valence-corrected chi connectivity index (χ2v) is 7.11. The monoisotopic (exact) mass is 305 g/mol. The van der Waals surface area contributed by atoms with Crippen LogP contribution < -0.4 is 9.46 Å². The zero-order chi connectivity index (χ0) is 14.7. The van der Waals surface area contributed by atoms with Gasteiger partial charge in [-0.05, 0) is 39.0 Å². The van der Waals surface area contributed by atoms with Crippen LogP contribution in [0.2, 0.25) is 5.02 Å². The Balaban J connectivity index is 2.72. The van der Waals surface area contributed by atoms with Gasteiger partial charge < -0.3 is 4.74 Å². The molecule has 5 nitrogen and oxygen atoms in total. The SMILES string of the molecule is CC(C)(C)NS(=O)(=O)COc1ccc(C=O)c(Cl)c1. The first-order valence-electron chi connectivity index (χ1n) is 5.52. The molecule has 0 amide bonds. The second kappa shape index (κ2) is 5.90. The van der Waals surface area contributed by atoms with Gasteiger partial charge in [-0.25, -0.2) is 13.1 Å². The molecule has 0 aliphatic heterocycles. The predicted molar refractivity (Wildman–Crippen MR) is 74.1 cm³/mol. The molecule has 0 aliphatic rings. The molecule has 0 fully saturated rings. The average Bonchev–Trinajstić information content (AvgIpc) is 2.23. The third-order valence-corrected chi connectivity index (χ3v) is 3.62. The molecule has 7 heteroatoms. The minimum Gasteiger partial charge on any atom is -0.476 e. The summed E-state index contributed by atoms with van der Waals surface area (Å²) in [5.74, 6) is -0.226. The Morgan fingerprint density at radius 2 is 2.00 bits per heavy atom. The van der Waals surface area contributed by atoms with E-state index in [9.17, 15) is 13.2 Å². The topological polar surface area (TPSA) is 72.5 Å². The van der Waals surface area contributed by atoms with Crippen molar-refractivity contribution in [3.05, 3.63) is 28.8 Å². The van der Waals surface area contributed by atoms with Gasteiger partial charge in [0.05, 0.1) is 5.02 Å². The number of hydrogen-bond donors (Lipinski definition) is 1. The maximum atomic E-state index is 11.7. The smallest absolute Gasteiger partial charge is 0.247 e. The maximum Gasteiger partial charge on any atom is 0.247 e. The Kier molecular flexibility index (Phi) is 4.95. The van der Waals surface area contributed by atoms with Gasteiger partial charge in [-0.1, -0.05) is 11.6 Å². The van der Waals surface area contributed by atoms with Gasteiger partial charge in [0.15, 0.2) is 6.29 Å². The summed E-state index contributed by atoms with van der Waals surface area (Å²) < 4.78 is 31.0. The van der Waals surface area contributed by atoms with Gasteiger partial charge in [-0.15, -0.1) is 0 Å². The molecule has 0 saturated heterocycles. The number of ether oxygens (including phenoxy) is 1. The van der Waals surface area contributed by atoms with Crippen LogP contribution in [0.15, 0.2) is 18.2 Å². The highest BCUT2D eigenvalue weighted by Gasteiger charge is 2.20. The molecule has 1 aromatic carbocycles. The molecule has 19 heavy (non-hydrogen) atoms. The Labute approximate surface area is 118 Å². The van der Waals surface area contributed by atoms with Crippen LogP contribution in [0, 0.1) is 0 Å². The molecule has 0 aromatic heterocycles. The molecular weight excluding hydrogens is 290 g/mol. The fourth-order valence-corrected chi connectivity index (χ4v) is 2.83. The van der Waals surface area contributed by atoms with Gasteiger partial charge in [-0.3, -0.25) is 4.79 Å². The zero-order valence-corrected chi connectivity index (χ0v) is 12.5. The average molecular weight is 306 g/mol. The van der Waals surface area contributed by atoms with E-state index in [2.05, 4.69) is 4.72 Å². The number of carbonyl (C=O) groups excluding carboxylic acids is 1. The van der Waals surface area contributed by atoms with Crippen molar-refractivity contribution in [1.29, 1.82) is 0 Å². The van der Waals surface area contributed by atoms with E-state index in [1.807, 2.05) is 0 Å². The Morgan fingerprint density at radius 3 is 2.47 bits per heavy atom. The highest BCUT2D eigenvalue weighted by molar-refractivity contribution is 7.89. The second-order valence-electron chi connectivity index (χ2n) is 5.03. The van der Waals surface area contributed by atoms with Crippen LogP contribution in [0.3, 0.4) is 0 Å². The number of rotatable bonds is 5. The van der Waals surface area contributed by atoms with E-state index in [0.29, 0.717) is 11.8 Å². The number of sulfonamides is 1. The van der Waals surface area contributed by atoms with Crippen molar-refractivity contribution in [2.24, 2.45) is 0 Å². The molecule has 0 spiro atoms. The predicted octanol–water partition coefficient (Wildman–Crippen LogP) is 2.21. The van der Waals surface area contributed by atoms with Crippen LogP contribution in [0.4, 0.5) is 0 Å². The fourth-order valence-electron chi connectivity index (χ4n) is 1.33. The van der Waals surface area contributed by atoms with E-state index in [1.54, 1.807) is 20.8 Å². The number of halogens is 1. The number of nitrogens with one attached hydrogen (secondary N) is 1. The van der Waals surface area contributed by atoms with Gasteiger partial charge in [0, 0.05) is 11.1 Å². The molecule has 0 bridgehead atoms. The number of hydrogen-bond acceptors (Lipinski definition) is 4. The largest absolute Gasteiger partial charge is 0.476 e. The maximum absolute atomic E-state index is 11.7. The zero-order valence-electron chi connectivity index (χ0n) is 10.9. The molecule has 0 aliphatic carbocycles. The molecule has 0 heterocycles. The van der Waals surface area contributed by atoms with Gasteiger partial charge in [0.1, 0.15) is 5.75 Å². The van der Waals surface area contributed by atoms with E-state index in [-0.39, 0.29) is 10.8 Å².